The first-order chi connectivity index (χ1) is 38.5. The third-order valence-electron chi connectivity index (χ3n) is 17.4. The standard InChI is InChI=1S/C72H143NO5/c1-3-5-7-9-11-13-15-17-19-21-29-34-38-42-46-50-54-58-62-66-72(77)78-67-63-59-55-51-47-43-39-35-31-28-26-24-23-25-27-30-33-37-41-45-49-53-57-61-65-71(76)73-69(68-74)70(75)64-60-56-52-48-44-40-36-32-22-20-18-16-14-12-10-8-6-4-2/h69-70,74-75H,3-68H2,1-2H3,(H,73,76). The predicted octanol–water partition coefficient (Wildman–Crippen LogP) is 23.4. The summed E-state index contributed by atoms with van der Waals surface area (Å²) in [6.45, 7) is 5.01. The summed E-state index contributed by atoms with van der Waals surface area (Å²) in [5.74, 6) is -0.00703. The highest BCUT2D eigenvalue weighted by Crippen LogP contribution is 2.20. The van der Waals surface area contributed by atoms with Crippen molar-refractivity contribution in [1.29, 1.82) is 0 Å². The topological polar surface area (TPSA) is 95.9 Å². The second kappa shape index (κ2) is 68.4. The molecule has 78 heavy (non-hydrogen) atoms. The number of ether oxygens (including phenoxy) is 1. The van der Waals surface area contributed by atoms with Crippen LogP contribution in [0.4, 0.5) is 0 Å². The zero-order chi connectivity index (χ0) is 56.4. The minimum atomic E-state index is -0.663. The van der Waals surface area contributed by atoms with Crippen LogP contribution in [0.2, 0.25) is 0 Å². The van der Waals surface area contributed by atoms with Crippen LogP contribution in [-0.2, 0) is 14.3 Å². The molecule has 3 N–H and O–H groups in total. The summed E-state index contributed by atoms with van der Waals surface area (Å²) in [7, 11) is 0. The Morgan fingerprint density at radius 3 is 0.782 bits per heavy atom. The molecule has 0 aromatic rings. The summed E-state index contributed by atoms with van der Waals surface area (Å²) in [6.07, 6.45) is 83.0. The molecule has 0 aromatic heterocycles. The van der Waals surface area contributed by atoms with Gasteiger partial charge in [-0.15, -0.1) is 0 Å². The van der Waals surface area contributed by atoms with Crippen molar-refractivity contribution in [1.82, 2.24) is 5.32 Å². The van der Waals surface area contributed by atoms with E-state index in [0.717, 1.165) is 38.5 Å². The normalized spacial score (nSPS) is 12.4. The number of hydrogen-bond donors (Lipinski definition) is 3. The number of esters is 1. The maximum absolute atomic E-state index is 12.5. The van der Waals surface area contributed by atoms with Crippen LogP contribution in [-0.4, -0.2) is 47.4 Å². The lowest BCUT2D eigenvalue weighted by Crippen LogP contribution is -2.45. The molecule has 0 spiro atoms. The fraction of sp³-hybridized carbons (Fsp3) is 0.972. The third kappa shape index (κ3) is 64.0. The Bertz CT molecular complexity index is 1130. The molecular weight excluding hydrogens is 959 g/mol. The Labute approximate surface area is 489 Å². The van der Waals surface area contributed by atoms with Crippen molar-refractivity contribution >= 4 is 11.9 Å². The molecule has 0 aliphatic heterocycles. The Hall–Kier alpha value is -1.14. The first-order valence-electron chi connectivity index (χ1n) is 36.3. The second-order valence-corrected chi connectivity index (χ2v) is 25.3. The van der Waals surface area contributed by atoms with Gasteiger partial charge in [0.25, 0.3) is 0 Å². The molecule has 2 unspecified atom stereocenters. The smallest absolute Gasteiger partial charge is 0.305 e. The van der Waals surface area contributed by atoms with E-state index in [1.54, 1.807) is 0 Å². The van der Waals surface area contributed by atoms with Crippen LogP contribution in [0.5, 0.6) is 0 Å². The van der Waals surface area contributed by atoms with Gasteiger partial charge in [0.1, 0.15) is 0 Å². The molecule has 0 bridgehead atoms. The number of hydrogen-bond acceptors (Lipinski definition) is 5. The van der Waals surface area contributed by atoms with Crippen molar-refractivity contribution in [3.8, 4) is 0 Å². The first kappa shape index (κ1) is 76.9. The summed E-state index contributed by atoms with van der Waals surface area (Å²) < 4.78 is 5.52. The van der Waals surface area contributed by atoms with Gasteiger partial charge < -0.3 is 20.3 Å². The van der Waals surface area contributed by atoms with Crippen LogP contribution in [0, 0.1) is 0 Å². The molecule has 0 aliphatic rings. The largest absolute Gasteiger partial charge is 0.466 e. The quantitative estimate of drug-likeness (QED) is 0.0417. The van der Waals surface area contributed by atoms with Gasteiger partial charge in [-0.05, 0) is 25.7 Å². The van der Waals surface area contributed by atoms with Crippen LogP contribution < -0.4 is 5.32 Å². The van der Waals surface area contributed by atoms with Crippen LogP contribution in [0.3, 0.4) is 0 Å². The summed E-state index contributed by atoms with van der Waals surface area (Å²) >= 11 is 0. The van der Waals surface area contributed by atoms with Crippen LogP contribution >= 0.6 is 0 Å². The number of aliphatic hydroxyl groups excluding tert-OH is 2. The van der Waals surface area contributed by atoms with Crippen molar-refractivity contribution in [3.05, 3.63) is 0 Å². The third-order valence-corrected chi connectivity index (χ3v) is 17.4. The van der Waals surface area contributed by atoms with Gasteiger partial charge >= 0.3 is 5.97 Å². The number of rotatable bonds is 69. The lowest BCUT2D eigenvalue weighted by Gasteiger charge is -2.22. The van der Waals surface area contributed by atoms with Crippen LogP contribution in [0.15, 0.2) is 0 Å². The number of unbranched alkanes of at least 4 members (excludes halogenated alkanes) is 58. The highest BCUT2D eigenvalue weighted by Gasteiger charge is 2.20. The molecule has 0 saturated carbocycles. The number of amides is 1. The Kier molecular flexibility index (Phi) is 67.4. The fourth-order valence-corrected chi connectivity index (χ4v) is 11.9. The summed E-state index contributed by atoms with van der Waals surface area (Å²) in [5, 5.41) is 23.4. The highest BCUT2D eigenvalue weighted by atomic mass is 16.5. The molecule has 1 amide bonds. The van der Waals surface area contributed by atoms with Gasteiger partial charge in [-0.25, -0.2) is 0 Å². The van der Waals surface area contributed by atoms with E-state index in [4.69, 9.17) is 4.74 Å². The molecule has 0 saturated heterocycles. The zero-order valence-electron chi connectivity index (χ0n) is 53.4. The summed E-state index contributed by atoms with van der Waals surface area (Å²) in [6, 6.07) is -0.540. The zero-order valence-corrected chi connectivity index (χ0v) is 53.4. The van der Waals surface area contributed by atoms with E-state index in [2.05, 4.69) is 19.2 Å². The van der Waals surface area contributed by atoms with E-state index in [9.17, 15) is 19.8 Å². The summed E-state index contributed by atoms with van der Waals surface area (Å²) in [4.78, 5) is 24.7. The lowest BCUT2D eigenvalue weighted by atomic mass is 10.0. The van der Waals surface area contributed by atoms with Gasteiger partial charge in [-0.2, -0.15) is 0 Å². The van der Waals surface area contributed by atoms with Crippen molar-refractivity contribution in [2.24, 2.45) is 0 Å². The van der Waals surface area contributed by atoms with Crippen molar-refractivity contribution in [2.45, 2.75) is 437 Å². The minimum Gasteiger partial charge on any atom is -0.466 e. The molecule has 0 aliphatic carbocycles. The average molecular weight is 1100 g/mol. The second-order valence-electron chi connectivity index (χ2n) is 25.3. The van der Waals surface area contributed by atoms with Gasteiger partial charge in [-0.3, -0.25) is 9.59 Å². The van der Waals surface area contributed by atoms with E-state index >= 15 is 0 Å². The molecule has 0 aromatic carbocycles. The Morgan fingerprint density at radius 2 is 0.526 bits per heavy atom. The molecule has 2 atom stereocenters. The molecule has 0 fully saturated rings. The minimum absolute atomic E-state index is 0.0218. The number of carbonyl (C=O) groups is 2. The van der Waals surface area contributed by atoms with E-state index in [1.165, 1.54) is 353 Å². The maximum atomic E-state index is 12.5. The van der Waals surface area contributed by atoms with Gasteiger partial charge in [-0.1, -0.05) is 386 Å². The van der Waals surface area contributed by atoms with E-state index in [1.807, 2.05) is 0 Å². The maximum Gasteiger partial charge on any atom is 0.305 e. The first-order valence-corrected chi connectivity index (χ1v) is 36.3. The van der Waals surface area contributed by atoms with Crippen LogP contribution in [0.1, 0.15) is 425 Å². The number of nitrogens with one attached hydrogen (secondary N) is 1. The summed E-state index contributed by atoms with van der Waals surface area (Å²) in [5.41, 5.74) is 0. The SMILES string of the molecule is CCCCCCCCCCCCCCCCCCCCCC(=O)OCCCCCCCCCCCCCCCCCCCCCCCCCCC(=O)NC(CO)C(O)CCCCCCCCCCCCCCCCCCCC. The van der Waals surface area contributed by atoms with E-state index in [0.29, 0.717) is 25.9 Å². The Morgan fingerprint density at radius 1 is 0.308 bits per heavy atom. The number of carbonyl (C=O) groups excluding carboxylic acids is 2. The lowest BCUT2D eigenvalue weighted by molar-refractivity contribution is -0.143. The fourth-order valence-electron chi connectivity index (χ4n) is 11.9. The molecule has 466 valence electrons. The molecule has 6 heteroatoms. The molecule has 0 heterocycles. The van der Waals surface area contributed by atoms with E-state index in [-0.39, 0.29) is 18.5 Å². The Balaban J connectivity index is 3.33. The van der Waals surface area contributed by atoms with Gasteiger partial charge in [0.15, 0.2) is 0 Å². The van der Waals surface area contributed by atoms with Gasteiger partial charge in [0.2, 0.25) is 5.91 Å². The van der Waals surface area contributed by atoms with Gasteiger partial charge in [0.05, 0.1) is 25.4 Å². The van der Waals surface area contributed by atoms with Crippen molar-refractivity contribution in [2.75, 3.05) is 13.2 Å². The molecule has 6 nitrogen and oxygen atoms in total. The van der Waals surface area contributed by atoms with Gasteiger partial charge in [0, 0.05) is 12.8 Å². The van der Waals surface area contributed by atoms with Crippen molar-refractivity contribution < 1.29 is 24.5 Å². The van der Waals surface area contributed by atoms with E-state index < -0.39 is 12.1 Å². The molecule has 0 radical (unpaired) electrons. The van der Waals surface area contributed by atoms with Crippen molar-refractivity contribution in [3.63, 3.8) is 0 Å². The predicted molar refractivity (Wildman–Crippen MR) is 343 cm³/mol. The van der Waals surface area contributed by atoms with Crippen LogP contribution in [0.25, 0.3) is 0 Å². The molecular formula is C72H143NO5. The average Bonchev–Trinajstić information content (AvgIpc) is 3.44. The monoisotopic (exact) mass is 1100 g/mol. The number of aliphatic hydroxyl groups is 2. The molecule has 0 rings (SSSR count). The highest BCUT2D eigenvalue weighted by molar-refractivity contribution is 5.76.